The van der Waals surface area contributed by atoms with E-state index >= 15 is 0 Å². The zero-order valence-electron chi connectivity index (χ0n) is 16.2. The zero-order valence-corrected chi connectivity index (χ0v) is 17.0. The molecule has 26 heavy (non-hydrogen) atoms. The minimum absolute atomic E-state index is 0.120. The van der Waals surface area contributed by atoms with Crippen molar-refractivity contribution in [3.8, 4) is 0 Å². The second-order valence-electron chi connectivity index (χ2n) is 7.86. The highest BCUT2D eigenvalue weighted by molar-refractivity contribution is 7.91. The number of rotatable bonds is 6. The summed E-state index contributed by atoms with van der Waals surface area (Å²) in [4.78, 5) is 9.47. The van der Waals surface area contributed by atoms with E-state index in [1.165, 1.54) is 57.9 Å². The standard InChI is InChI=1S/C20H33N3O2S/c1-3-17-5-9-22(10-6-17)16-18-7-11-23(12-8-18)19-13-20(15-21-14-19)26(24,25)4-2/h13-15,17-18H,3-12,16H2,1-2H3. The highest BCUT2D eigenvalue weighted by atomic mass is 32.2. The Kier molecular flexibility index (Phi) is 6.56. The van der Waals surface area contributed by atoms with Crippen LogP contribution in [0.4, 0.5) is 5.69 Å². The second-order valence-corrected chi connectivity index (χ2v) is 10.1. The van der Waals surface area contributed by atoms with E-state index in [9.17, 15) is 8.42 Å². The van der Waals surface area contributed by atoms with Crippen LogP contribution in [0, 0.1) is 11.8 Å². The van der Waals surface area contributed by atoms with Crippen LogP contribution in [-0.2, 0) is 9.84 Å². The Morgan fingerprint density at radius 3 is 2.27 bits per heavy atom. The summed E-state index contributed by atoms with van der Waals surface area (Å²) in [7, 11) is -3.19. The molecular weight excluding hydrogens is 346 g/mol. The molecule has 2 saturated heterocycles. The molecule has 0 saturated carbocycles. The molecule has 0 radical (unpaired) electrons. The molecule has 0 aliphatic carbocycles. The maximum atomic E-state index is 12.1. The number of hydrogen-bond acceptors (Lipinski definition) is 5. The number of hydrogen-bond donors (Lipinski definition) is 0. The third kappa shape index (κ3) is 4.77. The number of sulfone groups is 1. The number of aromatic nitrogens is 1. The molecule has 3 rings (SSSR count). The van der Waals surface area contributed by atoms with E-state index in [1.807, 2.05) is 0 Å². The SMILES string of the molecule is CCC1CCN(CC2CCN(c3cncc(S(=O)(=O)CC)c3)CC2)CC1. The van der Waals surface area contributed by atoms with Crippen molar-refractivity contribution in [2.45, 2.75) is 50.8 Å². The summed E-state index contributed by atoms with van der Waals surface area (Å²) in [5.74, 6) is 1.82. The Balaban J connectivity index is 1.52. The number of nitrogens with zero attached hydrogens (tertiary/aromatic N) is 3. The molecule has 0 unspecified atom stereocenters. The van der Waals surface area contributed by atoms with Crippen molar-refractivity contribution < 1.29 is 8.42 Å². The summed E-state index contributed by atoms with van der Waals surface area (Å²) in [6.45, 7) is 9.73. The molecule has 0 atom stereocenters. The van der Waals surface area contributed by atoms with E-state index in [1.54, 1.807) is 19.2 Å². The fourth-order valence-electron chi connectivity index (χ4n) is 4.23. The topological polar surface area (TPSA) is 53.5 Å². The molecule has 0 aromatic carbocycles. The molecule has 146 valence electrons. The Morgan fingerprint density at radius 2 is 1.65 bits per heavy atom. The molecule has 1 aromatic heterocycles. The molecular formula is C20H33N3O2S. The van der Waals surface area contributed by atoms with Crippen LogP contribution >= 0.6 is 0 Å². The van der Waals surface area contributed by atoms with Gasteiger partial charge in [0.15, 0.2) is 9.84 Å². The Bertz CT molecular complexity index is 676. The highest BCUT2D eigenvalue weighted by Gasteiger charge is 2.25. The van der Waals surface area contributed by atoms with Gasteiger partial charge in [0.2, 0.25) is 0 Å². The van der Waals surface area contributed by atoms with Crippen LogP contribution in [-0.4, -0.2) is 56.8 Å². The van der Waals surface area contributed by atoms with Gasteiger partial charge in [0.25, 0.3) is 0 Å². The van der Waals surface area contributed by atoms with Crippen molar-refractivity contribution >= 4 is 15.5 Å². The van der Waals surface area contributed by atoms with Crippen molar-refractivity contribution in [1.29, 1.82) is 0 Å². The first-order valence-corrected chi connectivity index (χ1v) is 11.8. The average Bonchev–Trinajstić information content (AvgIpc) is 2.69. The molecule has 0 bridgehead atoms. The fraction of sp³-hybridized carbons (Fsp3) is 0.750. The van der Waals surface area contributed by atoms with Crippen molar-refractivity contribution in [3.63, 3.8) is 0 Å². The second kappa shape index (κ2) is 8.70. The molecule has 0 spiro atoms. The predicted octanol–water partition coefficient (Wildman–Crippen LogP) is 3.21. The van der Waals surface area contributed by atoms with Crippen molar-refractivity contribution in [3.05, 3.63) is 18.5 Å². The van der Waals surface area contributed by atoms with Crippen LogP contribution in [0.5, 0.6) is 0 Å². The van der Waals surface area contributed by atoms with Gasteiger partial charge in [-0.1, -0.05) is 20.3 Å². The van der Waals surface area contributed by atoms with Crippen molar-refractivity contribution in [2.24, 2.45) is 11.8 Å². The summed E-state index contributed by atoms with van der Waals surface area (Å²) in [5.41, 5.74) is 0.946. The molecule has 2 aliphatic rings. The third-order valence-corrected chi connectivity index (χ3v) is 7.92. The monoisotopic (exact) mass is 379 g/mol. The molecule has 2 aliphatic heterocycles. The lowest BCUT2D eigenvalue weighted by Crippen LogP contribution is -2.41. The molecule has 2 fully saturated rings. The summed E-state index contributed by atoms with van der Waals surface area (Å²) in [6, 6.07) is 1.79. The van der Waals surface area contributed by atoms with E-state index in [0.717, 1.165) is 30.6 Å². The van der Waals surface area contributed by atoms with Crippen LogP contribution in [0.15, 0.2) is 23.4 Å². The van der Waals surface area contributed by atoms with Gasteiger partial charge in [-0.25, -0.2) is 8.42 Å². The summed E-state index contributed by atoms with van der Waals surface area (Å²) < 4.78 is 24.2. The predicted molar refractivity (Wildman–Crippen MR) is 106 cm³/mol. The summed E-state index contributed by atoms with van der Waals surface area (Å²) >= 11 is 0. The lowest BCUT2D eigenvalue weighted by molar-refractivity contribution is 0.149. The molecule has 1 aromatic rings. The lowest BCUT2D eigenvalue weighted by Gasteiger charge is -2.38. The Hall–Kier alpha value is -1.14. The lowest BCUT2D eigenvalue weighted by atomic mass is 9.91. The van der Waals surface area contributed by atoms with Crippen LogP contribution < -0.4 is 4.90 Å². The maximum Gasteiger partial charge on any atom is 0.179 e. The molecule has 3 heterocycles. The van der Waals surface area contributed by atoms with Crippen LogP contribution in [0.1, 0.15) is 46.0 Å². The average molecular weight is 380 g/mol. The first-order chi connectivity index (χ1) is 12.5. The van der Waals surface area contributed by atoms with Gasteiger partial charge < -0.3 is 9.80 Å². The fourth-order valence-corrected chi connectivity index (χ4v) is 5.09. The molecule has 0 amide bonds. The van der Waals surface area contributed by atoms with Crippen molar-refractivity contribution in [2.75, 3.05) is 43.4 Å². The third-order valence-electron chi connectivity index (χ3n) is 6.22. The van der Waals surface area contributed by atoms with Gasteiger partial charge >= 0.3 is 0 Å². The van der Waals surface area contributed by atoms with Gasteiger partial charge in [-0.05, 0) is 56.7 Å². The molecule has 0 N–H and O–H groups in total. The van der Waals surface area contributed by atoms with Crippen LogP contribution in [0.2, 0.25) is 0 Å². The van der Waals surface area contributed by atoms with Crippen LogP contribution in [0.25, 0.3) is 0 Å². The van der Waals surface area contributed by atoms with Gasteiger partial charge in [0.05, 0.1) is 22.5 Å². The van der Waals surface area contributed by atoms with E-state index in [0.29, 0.717) is 4.90 Å². The largest absolute Gasteiger partial charge is 0.370 e. The number of likely N-dealkylation sites (tertiary alicyclic amines) is 1. The van der Waals surface area contributed by atoms with Crippen LogP contribution in [0.3, 0.4) is 0 Å². The van der Waals surface area contributed by atoms with E-state index in [4.69, 9.17) is 0 Å². The number of anilines is 1. The van der Waals surface area contributed by atoms with Crippen molar-refractivity contribution in [1.82, 2.24) is 9.88 Å². The first-order valence-electron chi connectivity index (χ1n) is 10.2. The summed E-state index contributed by atoms with van der Waals surface area (Å²) in [6.07, 6.45) is 9.67. The zero-order chi connectivity index (χ0) is 18.6. The van der Waals surface area contributed by atoms with Gasteiger partial charge in [-0.2, -0.15) is 0 Å². The highest BCUT2D eigenvalue weighted by Crippen LogP contribution is 2.27. The summed E-state index contributed by atoms with van der Waals surface area (Å²) in [5, 5.41) is 0. The minimum atomic E-state index is -3.19. The van der Waals surface area contributed by atoms with E-state index in [2.05, 4.69) is 21.7 Å². The van der Waals surface area contributed by atoms with Gasteiger partial charge in [-0.3, -0.25) is 4.98 Å². The molecule has 6 heteroatoms. The Labute approximate surface area is 158 Å². The van der Waals surface area contributed by atoms with E-state index in [-0.39, 0.29) is 5.75 Å². The minimum Gasteiger partial charge on any atom is -0.370 e. The quantitative estimate of drug-likeness (QED) is 0.760. The van der Waals surface area contributed by atoms with Gasteiger partial charge in [0.1, 0.15) is 0 Å². The molecule has 5 nitrogen and oxygen atoms in total. The smallest absolute Gasteiger partial charge is 0.179 e. The number of piperidine rings is 2. The number of pyridine rings is 1. The van der Waals surface area contributed by atoms with Gasteiger partial charge in [-0.15, -0.1) is 0 Å². The first kappa shape index (κ1) is 19.6. The Morgan fingerprint density at radius 1 is 1.00 bits per heavy atom. The van der Waals surface area contributed by atoms with Gasteiger partial charge in [0, 0.05) is 25.8 Å². The van der Waals surface area contributed by atoms with E-state index < -0.39 is 9.84 Å². The maximum absolute atomic E-state index is 12.1. The normalized spacial score (nSPS) is 21.2.